The summed E-state index contributed by atoms with van der Waals surface area (Å²) in [4.78, 5) is 19.1. The summed E-state index contributed by atoms with van der Waals surface area (Å²) in [6.07, 6.45) is 12.0. The monoisotopic (exact) mass is 284 g/mol. The Labute approximate surface area is 124 Å². The summed E-state index contributed by atoms with van der Waals surface area (Å²) in [5, 5.41) is 0. The molecule has 1 aliphatic rings. The molecule has 2 aromatic rings. The number of nitrogen functional groups attached to an aromatic ring is 1. The van der Waals surface area contributed by atoms with Crippen molar-refractivity contribution < 1.29 is 0 Å². The Hall–Kier alpha value is -2.08. The third-order valence-electron chi connectivity index (χ3n) is 3.91. The summed E-state index contributed by atoms with van der Waals surface area (Å²) in [5.74, 6) is 1.15. The molecule has 6 nitrogen and oxygen atoms in total. The summed E-state index contributed by atoms with van der Waals surface area (Å²) < 4.78 is 0. The van der Waals surface area contributed by atoms with Crippen LogP contribution >= 0.6 is 0 Å². The molecule has 3 rings (SSSR count). The zero-order valence-corrected chi connectivity index (χ0v) is 12.0. The van der Waals surface area contributed by atoms with Gasteiger partial charge in [0.05, 0.1) is 5.69 Å². The number of aromatic nitrogens is 4. The zero-order valence-electron chi connectivity index (χ0n) is 12.0. The van der Waals surface area contributed by atoms with Crippen LogP contribution in [0.25, 0.3) is 0 Å². The van der Waals surface area contributed by atoms with Gasteiger partial charge in [0.2, 0.25) is 0 Å². The standard InChI is InChI=1S/C15H20N6/c16-15-14(19-3-4-20-15)6-12-2-1-5-21(9-12)10-13-7-17-11-18-8-13/h3-4,7-8,11-12H,1-2,5-6,9-10H2,(H2,16,20). The first-order valence-electron chi connectivity index (χ1n) is 7.33. The van der Waals surface area contributed by atoms with E-state index < -0.39 is 0 Å². The van der Waals surface area contributed by atoms with Gasteiger partial charge in [0.25, 0.3) is 0 Å². The van der Waals surface area contributed by atoms with E-state index in [0.717, 1.165) is 37.3 Å². The Morgan fingerprint density at radius 3 is 2.81 bits per heavy atom. The summed E-state index contributed by atoms with van der Waals surface area (Å²) in [7, 11) is 0. The van der Waals surface area contributed by atoms with Gasteiger partial charge < -0.3 is 5.73 Å². The number of nitrogens with two attached hydrogens (primary N) is 1. The number of rotatable bonds is 4. The van der Waals surface area contributed by atoms with Gasteiger partial charge in [-0.1, -0.05) is 0 Å². The highest BCUT2D eigenvalue weighted by atomic mass is 15.1. The van der Waals surface area contributed by atoms with Crippen molar-refractivity contribution in [1.82, 2.24) is 24.8 Å². The van der Waals surface area contributed by atoms with E-state index >= 15 is 0 Å². The Balaban J connectivity index is 1.60. The first kappa shape index (κ1) is 13.9. The van der Waals surface area contributed by atoms with Crippen LogP contribution in [0.1, 0.15) is 24.1 Å². The van der Waals surface area contributed by atoms with Crippen LogP contribution in [0.3, 0.4) is 0 Å². The first-order valence-corrected chi connectivity index (χ1v) is 7.33. The van der Waals surface area contributed by atoms with Crippen LogP contribution in [0.2, 0.25) is 0 Å². The van der Waals surface area contributed by atoms with Crippen LogP contribution in [0.5, 0.6) is 0 Å². The molecule has 6 heteroatoms. The Morgan fingerprint density at radius 1 is 1.19 bits per heavy atom. The zero-order chi connectivity index (χ0) is 14.5. The lowest BCUT2D eigenvalue weighted by Gasteiger charge is -2.32. The van der Waals surface area contributed by atoms with Gasteiger partial charge in [-0.25, -0.2) is 15.0 Å². The SMILES string of the molecule is Nc1nccnc1CC1CCCN(Cc2cncnc2)C1. The maximum atomic E-state index is 5.89. The third kappa shape index (κ3) is 3.72. The smallest absolute Gasteiger partial charge is 0.145 e. The van der Waals surface area contributed by atoms with E-state index in [2.05, 4.69) is 24.8 Å². The minimum absolute atomic E-state index is 0.561. The van der Waals surface area contributed by atoms with Gasteiger partial charge in [0, 0.05) is 43.4 Å². The number of hydrogen-bond acceptors (Lipinski definition) is 6. The molecule has 0 bridgehead atoms. The Bertz CT molecular complexity index is 573. The largest absolute Gasteiger partial charge is 0.382 e. The maximum absolute atomic E-state index is 5.89. The highest BCUT2D eigenvalue weighted by Crippen LogP contribution is 2.22. The summed E-state index contributed by atoms with van der Waals surface area (Å²) in [5.41, 5.74) is 7.98. The lowest BCUT2D eigenvalue weighted by Crippen LogP contribution is -2.36. The molecule has 1 fully saturated rings. The number of nitrogens with zero attached hydrogens (tertiary/aromatic N) is 5. The predicted molar refractivity (Wildman–Crippen MR) is 80.2 cm³/mol. The minimum atomic E-state index is 0.561. The number of likely N-dealkylation sites (tertiary alicyclic amines) is 1. The van der Waals surface area contributed by atoms with E-state index in [1.165, 1.54) is 12.8 Å². The average Bonchev–Trinajstić information content (AvgIpc) is 2.51. The van der Waals surface area contributed by atoms with E-state index in [1.807, 2.05) is 12.4 Å². The van der Waals surface area contributed by atoms with Crippen LogP contribution in [-0.2, 0) is 13.0 Å². The lowest BCUT2D eigenvalue weighted by molar-refractivity contribution is 0.166. The van der Waals surface area contributed by atoms with E-state index in [0.29, 0.717) is 11.7 Å². The van der Waals surface area contributed by atoms with Crippen LogP contribution in [0, 0.1) is 5.92 Å². The molecule has 1 atom stereocenters. The van der Waals surface area contributed by atoms with Gasteiger partial charge in [0.1, 0.15) is 12.1 Å². The van der Waals surface area contributed by atoms with Crippen molar-refractivity contribution >= 4 is 5.82 Å². The number of anilines is 1. The van der Waals surface area contributed by atoms with Crippen molar-refractivity contribution in [2.45, 2.75) is 25.8 Å². The van der Waals surface area contributed by atoms with Gasteiger partial charge in [0.15, 0.2) is 0 Å². The second-order valence-corrected chi connectivity index (χ2v) is 5.58. The van der Waals surface area contributed by atoms with Crippen molar-refractivity contribution in [3.8, 4) is 0 Å². The topological polar surface area (TPSA) is 80.8 Å². The van der Waals surface area contributed by atoms with Crippen molar-refractivity contribution in [3.63, 3.8) is 0 Å². The van der Waals surface area contributed by atoms with Gasteiger partial charge >= 0.3 is 0 Å². The normalized spacial score (nSPS) is 19.5. The second-order valence-electron chi connectivity index (χ2n) is 5.58. The van der Waals surface area contributed by atoms with Gasteiger partial charge in [-0.15, -0.1) is 0 Å². The summed E-state index contributed by atoms with van der Waals surface area (Å²) >= 11 is 0. The number of hydrogen-bond donors (Lipinski definition) is 1. The Kier molecular flexibility index (Phi) is 4.35. The van der Waals surface area contributed by atoms with Crippen LogP contribution < -0.4 is 5.73 Å². The molecule has 2 N–H and O–H groups in total. The maximum Gasteiger partial charge on any atom is 0.145 e. The molecule has 0 saturated carbocycles. The molecular formula is C15H20N6. The molecule has 3 heterocycles. The average molecular weight is 284 g/mol. The highest BCUT2D eigenvalue weighted by Gasteiger charge is 2.21. The predicted octanol–water partition coefficient (Wildman–Crippen LogP) is 1.30. The lowest BCUT2D eigenvalue weighted by atomic mass is 9.93. The fourth-order valence-electron chi connectivity index (χ4n) is 2.94. The van der Waals surface area contributed by atoms with Crippen LogP contribution in [0.15, 0.2) is 31.1 Å². The van der Waals surface area contributed by atoms with Crippen LogP contribution in [0.4, 0.5) is 5.82 Å². The van der Waals surface area contributed by atoms with Gasteiger partial charge in [-0.2, -0.15) is 0 Å². The quantitative estimate of drug-likeness (QED) is 0.911. The summed E-state index contributed by atoms with van der Waals surface area (Å²) in [6, 6.07) is 0. The van der Waals surface area contributed by atoms with Crippen molar-refractivity contribution in [1.29, 1.82) is 0 Å². The number of piperidine rings is 1. The second kappa shape index (κ2) is 6.58. The molecule has 2 aromatic heterocycles. The molecule has 110 valence electrons. The fourth-order valence-corrected chi connectivity index (χ4v) is 2.94. The third-order valence-corrected chi connectivity index (χ3v) is 3.91. The van der Waals surface area contributed by atoms with E-state index in [4.69, 9.17) is 5.73 Å². The van der Waals surface area contributed by atoms with Crippen molar-refractivity contribution in [2.24, 2.45) is 5.92 Å². The molecule has 0 spiro atoms. The van der Waals surface area contributed by atoms with Crippen molar-refractivity contribution in [3.05, 3.63) is 42.4 Å². The van der Waals surface area contributed by atoms with E-state index in [9.17, 15) is 0 Å². The molecule has 1 unspecified atom stereocenters. The Morgan fingerprint density at radius 2 is 2.00 bits per heavy atom. The molecule has 0 amide bonds. The fraction of sp³-hybridized carbons (Fsp3) is 0.467. The van der Waals surface area contributed by atoms with E-state index in [1.54, 1.807) is 18.7 Å². The first-order chi connectivity index (χ1) is 10.3. The minimum Gasteiger partial charge on any atom is -0.382 e. The molecule has 0 aliphatic carbocycles. The molecule has 0 aromatic carbocycles. The molecule has 21 heavy (non-hydrogen) atoms. The summed E-state index contributed by atoms with van der Waals surface area (Å²) in [6.45, 7) is 3.10. The van der Waals surface area contributed by atoms with Crippen molar-refractivity contribution in [2.75, 3.05) is 18.8 Å². The van der Waals surface area contributed by atoms with Gasteiger partial charge in [-0.05, 0) is 31.7 Å². The molecule has 1 saturated heterocycles. The van der Waals surface area contributed by atoms with E-state index in [-0.39, 0.29) is 0 Å². The molecule has 1 aliphatic heterocycles. The molecular weight excluding hydrogens is 264 g/mol. The van der Waals surface area contributed by atoms with Crippen LogP contribution in [-0.4, -0.2) is 37.9 Å². The van der Waals surface area contributed by atoms with Gasteiger partial charge in [-0.3, -0.25) is 9.88 Å². The highest BCUT2D eigenvalue weighted by molar-refractivity contribution is 5.33. The molecule has 0 radical (unpaired) electrons.